The van der Waals surface area contributed by atoms with E-state index >= 15 is 0 Å². The number of nitrogens with one attached hydrogen (secondary N) is 2. The van der Waals surface area contributed by atoms with Crippen LogP contribution in [0.4, 0.5) is 5.69 Å². The number of aromatic nitrogens is 1. The molecule has 152 valence electrons. The fraction of sp³-hybridized carbons (Fsp3) is 0. The Labute approximate surface area is 188 Å². The van der Waals surface area contributed by atoms with Crippen molar-refractivity contribution in [2.24, 2.45) is 0 Å². The molecule has 0 bridgehead atoms. The Bertz CT molecular complexity index is 1280. The first kappa shape index (κ1) is 20.5. The first-order valence-corrected chi connectivity index (χ1v) is 10.4. The van der Waals surface area contributed by atoms with E-state index in [2.05, 4.69) is 31.5 Å². The summed E-state index contributed by atoms with van der Waals surface area (Å²) >= 11 is 3.37. The monoisotopic (exact) mass is 471 g/mol. The summed E-state index contributed by atoms with van der Waals surface area (Å²) in [6.07, 6.45) is 4.86. The number of nitrogens with zero attached hydrogens (tertiary/aromatic N) is 1. The van der Waals surface area contributed by atoms with Crippen LogP contribution < -0.4 is 10.6 Å². The SMILES string of the molecule is O=C(Nc1ccncc1)C(=Cc1cccc2ccccc12)NC(=O)c1cccc(Br)c1. The van der Waals surface area contributed by atoms with E-state index in [0.29, 0.717) is 11.3 Å². The molecule has 0 spiro atoms. The van der Waals surface area contributed by atoms with Crippen molar-refractivity contribution in [3.8, 4) is 0 Å². The maximum atomic E-state index is 13.1. The Kier molecular flexibility index (Phi) is 6.19. The molecule has 0 atom stereocenters. The van der Waals surface area contributed by atoms with Gasteiger partial charge in [0.05, 0.1) is 0 Å². The zero-order valence-electron chi connectivity index (χ0n) is 16.4. The van der Waals surface area contributed by atoms with Gasteiger partial charge in [-0.2, -0.15) is 0 Å². The van der Waals surface area contributed by atoms with Gasteiger partial charge in [0.25, 0.3) is 11.8 Å². The summed E-state index contributed by atoms with van der Waals surface area (Å²) in [5.41, 5.74) is 1.99. The molecule has 2 N–H and O–H groups in total. The number of hydrogen-bond donors (Lipinski definition) is 2. The molecular formula is C25H18BrN3O2. The largest absolute Gasteiger partial charge is 0.321 e. The second-order valence-electron chi connectivity index (χ2n) is 6.78. The van der Waals surface area contributed by atoms with Crippen molar-refractivity contribution < 1.29 is 9.59 Å². The summed E-state index contributed by atoms with van der Waals surface area (Å²) in [5, 5.41) is 7.60. The molecule has 0 saturated heterocycles. The molecular weight excluding hydrogens is 454 g/mol. The minimum atomic E-state index is -0.428. The average Bonchev–Trinajstić information content (AvgIpc) is 2.79. The number of anilines is 1. The molecule has 4 rings (SSSR count). The van der Waals surface area contributed by atoms with Crippen molar-refractivity contribution in [1.29, 1.82) is 0 Å². The quantitative estimate of drug-likeness (QED) is 0.382. The van der Waals surface area contributed by atoms with Gasteiger partial charge in [-0.3, -0.25) is 14.6 Å². The first-order chi connectivity index (χ1) is 15.1. The molecule has 5 nitrogen and oxygen atoms in total. The number of amides is 2. The molecule has 1 aromatic heterocycles. The summed E-state index contributed by atoms with van der Waals surface area (Å²) in [7, 11) is 0. The summed E-state index contributed by atoms with van der Waals surface area (Å²) in [5.74, 6) is -0.805. The highest BCUT2D eigenvalue weighted by atomic mass is 79.9. The summed E-state index contributed by atoms with van der Waals surface area (Å²) in [6, 6.07) is 24.1. The lowest BCUT2D eigenvalue weighted by molar-refractivity contribution is -0.113. The van der Waals surface area contributed by atoms with Crippen LogP contribution in [0.2, 0.25) is 0 Å². The number of carbonyl (C=O) groups excluding carboxylic acids is 2. The average molecular weight is 472 g/mol. The molecule has 0 aliphatic carbocycles. The van der Waals surface area contributed by atoms with Crippen molar-refractivity contribution in [2.45, 2.75) is 0 Å². The van der Waals surface area contributed by atoms with Gasteiger partial charge in [0.2, 0.25) is 0 Å². The van der Waals surface area contributed by atoms with Gasteiger partial charge in [-0.05, 0) is 52.7 Å². The van der Waals surface area contributed by atoms with Gasteiger partial charge in [-0.1, -0.05) is 64.5 Å². The van der Waals surface area contributed by atoms with Crippen molar-refractivity contribution in [3.05, 3.63) is 113 Å². The van der Waals surface area contributed by atoms with Crippen molar-refractivity contribution in [2.75, 3.05) is 5.32 Å². The highest BCUT2D eigenvalue weighted by Gasteiger charge is 2.16. The third-order valence-corrected chi connectivity index (χ3v) is 5.13. The van der Waals surface area contributed by atoms with Gasteiger partial charge >= 0.3 is 0 Å². The summed E-state index contributed by atoms with van der Waals surface area (Å²) < 4.78 is 0.779. The van der Waals surface area contributed by atoms with Crippen LogP contribution in [-0.2, 0) is 4.79 Å². The lowest BCUT2D eigenvalue weighted by atomic mass is 10.0. The van der Waals surface area contributed by atoms with E-state index in [1.165, 1.54) is 0 Å². The van der Waals surface area contributed by atoms with E-state index in [0.717, 1.165) is 20.8 Å². The smallest absolute Gasteiger partial charge is 0.272 e. The van der Waals surface area contributed by atoms with Gasteiger partial charge in [0.1, 0.15) is 5.70 Å². The molecule has 6 heteroatoms. The Balaban J connectivity index is 1.72. The Morgan fingerprint density at radius 3 is 2.42 bits per heavy atom. The second-order valence-corrected chi connectivity index (χ2v) is 7.70. The number of rotatable bonds is 5. The van der Waals surface area contributed by atoms with Crippen molar-refractivity contribution >= 4 is 50.3 Å². The van der Waals surface area contributed by atoms with Crippen LogP contribution in [0, 0.1) is 0 Å². The van der Waals surface area contributed by atoms with Gasteiger partial charge in [-0.25, -0.2) is 0 Å². The van der Waals surface area contributed by atoms with E-state index in [-0.39, 0.29) is 11.6 Å². The molecule has 0 aliphatic rings. The van der Waals surface area contributed by atoms with Crippen LogP contribution in [0.15, 0.2) is 101 Å². The zero-order valence-corrected chi connectivity index (χ0v) is 18.0. The van der Waals surface area contributed by atoms with Gasteiger partial charge in [0.15, 0.2) is 0 Å². The van der Waals surface area contributed by atoms with Crippen LogP contribution >= 0.6 is 15.9 Å². The van der Waals surface area contributed by atoms with Crippen LogP contribution in [0.1, 0.15) is 15.9 Å². The maximum Gasteiger partial charge on any atom is 0.272 e. The number of pyridine rings is 1. The van der Waals surface area contributed by atoms with E-state index in [9.17, 15) is 9.59 Å². The van der Waals surface area contributed by atoms with Crippen molar-refractivity contribution in [1.82, 2.24) is 10.3 Å². The minimum absolute atomic E-state index is 0.137. The zero-order chi connectivity index (χ0) is 21.6. The predicted molar refractivity (Wildman–Crippen MR) is 126 cm³/mol. The molecule has 1 heterocycles. The Morgan fingerprint density at radius 2 is 1.61 bits per heavy atom. The van der Waals surface area contributed by atoms with E-state index in [1.807, 2.05) is 48.5 Å². The Hall–Kier alpha value is -3.77. The number of carbonyl (C=O) groups is 2. The predicted octanol–water partition coefficient (Wildman–Crippen LogP) is 5.41. The molecule has 0 radical (unpaired) electrons. The second kappa shape index (κ2) is 9.36. The molecule has 4 aromatic rings. The van der Waals surface area contributed by atoms with E-state index < -0.39 is 5.91 Å². The fourth-order valence-electron chi connectivity index (χ4n) is 3.15. The number of benzene rings is 3. The lowest BCUT2D eigenvalue weighted by Crippen LogP contribution is -2.30. The highest BCUT2D eigenvalue weighted by molar-refractivity contribution is 9.10. The molecule has 0 fully saturated rings. The van der Waals surface area contributed by atoms with Crippen LogP contribution in [0.25, 0.3) is 16.8 Å². The molecule has 0 aliphatic heterocycles. The third-order valence-electron chi connectivity index (χ3n) is 4.64. The molecule has 31 heavy (non-hydrogen) atoms. The normalized spacial score (nSPS) is 11.2. The number of halogens is 1. The number of fused-ring (bicyclic) bond motifs is 1. The topological polar surface area (TPSA) is 71.1 Å². The van der Waals surface area contributed by atoms with Gasteiger partial charge in [0, 0.05) is 28.1 Å². The van der Waals surface area contributed by atoms with Crippen molar-refractivity contribution in [3.63, 3.8) is 0 Å². The summed E-state index contributed by atoms with van der Waals surface area (Å²) in [4.78, 5) is 29.9. The van der Waals surface area contributed by atoms with Crippen LogP contribution in [-0.4, -0.2) is 16.8 Å². The van der Waals surface area contributed by atoms with Crippen LogP contribution in [0.5, 0.6) is 0 Å². The minimum Gasteiger partial charge on any atom is -0.321 e. The van der Waals surface area contributed by atoms with Crippen LogP contribution in [0.3, 0.4) is 0 Å². The number of hydrogen-bond acceptors (Lipinski definition) is 3. The van der Waals surface area contributed by atoms with E-state index in [1.54, 1.807) is 48.8 Å². The molecule has 0 unspecified atom stereocenters. The van der Waals surface area contributed by atoms with Gasteiger partial charge < -0.3 is 10.6 Å². The molecule has 3 aromatic carbocycles. The third kappa shape index (κ3) is 5.05. The first-order valence-electron chi connectivity index (χ1n) is 9.58. The molecule has 0 saturated carbocycles. The Morgan fingerprint density at radius 1 is 0.871 bits per heavy atom. The highest BCUT2D eigenvalue weighted by Crippen LogP contribution is 2.21. The molecule has 2 amide bonds. The lowest BCUT2D eigenvalue weighted by Gasteiger charge is -2.12. The van der Waals surface area contributed by atoms with Gasteiger partial charge in [-0.15, -0.1) is 0 Å². The summed E-state index contributed by atoms with van der Waals surface area (Å²) in [6.45, 7) is 0. The fourth-order valence-corrected chi connectivity index (χ4v) is 3.55. The maximum absolute atomic E-state index is 13.1. The van der Waals surface area contributed by atoms with E-state index in [4.69, 9.17) is 0 Å². The standard InChI is InChI=1S/C25H18BrN3O2/c26-20-9-4-8-19(15-20)24(30)29-23(25(31)28-21-11-13-27-14-12-21)16-18-7-3-6-17-5-1-2-10-22(17)18/h1-16H,(H,29,30)(H,27,28,31).